The van der Waals surface area contributed by atoms with Crippen LogP contribution in [0.1, 0.15) is 21.5 Å². The van der Waals surface area contributed by atoms with Crippen LogP contribution in [0, 0.1) is 5.82 Å². The highest BCUT2D eigenvalue weighted by Gasteiger charge is 2.03. The summed E-state index contributed by atoms with van der Waals surface area (Å²) in [6, 6.07) is 7.55. The average Bonchev–Trinajstić information content (AvgIpc) is 2.51. The van der Waals surface area contributed by atoms with Crippen molar-refractivity contribution in [2.24, 2.45) is 0 Å². The summed E-state index contributed by atoms with van der Waals surface area (Å²) in [6.07, 6.45) is 5.21. The lowest BCUT2D eigenvalue weighted by atomic mass is 10.1. The molecule has 2 rings (SSSR count). The van der Waals surface area contributed by atoms with Gasteiger partial charge in [-0.05, 0) is 35.4 Å². The van der Waals surface area contributed by atoms with Crippen LogP contribution < -0.4 is 5.32 Å². The van der Waals surface area contributed by atoms with Crippen molar-refractivity contribution in [2.45, 2.75) is 6.54 Å². The number of hydrogen-bond acceptors (Lipinski definition) is 3. The zero-order valence-corrected chi connectivity index (χ0v) is 11.5. The Balaban J connectivity index is 1.93. The van der Waals surface area contributed by atoms with E-state index in [1.165, 1.54) is 36.5 Å². The van der Waals surface area contributed by atoms with E-state index in [0.29, 0.717) is 11.1 Å². The minimum absolute atomic E-state index is 0.160. The molecule has 0 bridgehead atoms. The Labute approximate surface area is 126 Å². The van der Waals surface area contributed by atoms with Crippen molar-refractivity contribution < 1.29 is 19.1 Å². The van der Waals surface area contributed by atoms with Gasteiger partial charge < -0.3 is 10.4 Å². The molecule has 0 aliphatic carbocycles. The van der Waals surface area contributed by atoms with Gasteiger partial charge >= 0.3 is 5.97 Å². The van der Waals surface area contributed by atoms with Gasteiger partial charge in [0.2, 0.25) is 5.91 Å². The van der Waals surface area contributed by atoms with Gasteiger partial charge in [0.1, 0.15) is 5.82 Å². The van der Waals surface area contributed by atoms with Gasteiger partial charge in [-0.2, -0.15) is 0 Å². The molecule has 0 aliphatic heterocycles. The SMILES string of the molecule is O=C(/C=C/c1cncc(F)c1)NCc1cccc(C(=O)O)c1. The average molecular weight is 300 g/mol. The molecule has 1 amide bonds. The van der Waals surface area contributed by atoms with Gasteiger partial charge in [-0.1, -0.05) is 12.1 Å². The number of halogens is 1. The first-order valence-electron chi connectivity index (χ1n) is 6.43. The molecular formula is C16H13FN2O3. The van der Waals surface area contributed by atoms with E-state index in [1.54, 1.807) is 12.1 Å². The first kappa shape index (κ1) is 15.4. The minimum atomic E-state index is -1.02. The summed E-state index contributed by atoms with van der Waals surface area (Å²) in [5, 5.41) is 11.5. The Hall–Kier alpha value is -3.02. The summed E-state index contributed by atoms with van der Waals surface area (Å²) in [5.41, 5.74) is 1.31. The lowest BCUT2D eigenvalue weighted by Crippen LogP contribution is -2.20. The number of nitrogens with one attached hydrogen (secondary N) is 1. The Bertz CT molecular complexity index is 729. The van der Waals surface area contributed by atoms with E-state index in [9.17, 15) is 14.0 Å². The third-order valence-corrected chi connectivity index (χ3v) is 2.79. The molecule has 1 aromatic heterocycles. The van der Waals surface area contributed by atoms with Crippen LogP contribution in [0.5, 0.6) is 0 Å². The highest BCUT2D eigenvalue weighted by atomic mass is 19.1. The van der Waals surface area contributed by atoms with Crippen LogP contribution in [0.25, 0.3) is 6.08 Å². The molecule has 6 heteroatoms. The highest BCUT2D eigenvalue weighted by Crippen LogP contribution is 2.06. The number of nitrogens with zero attached hydrogens (tertiary/aromatic N) is 1. The summed E-state index contributed by atoms with van der Waals surface area (Å²) in [5.74, 6) is -1.87. The predicted molar refractivity (Wildman–Crippen MR) is 78.5 cm³/mol. The maximum absolute atomic E-state index is 12.9. The molecule has 0 fully saturated rings. The number of rotatable bonds is 5. The van der Waals surface area contributed by atoms with Crippen LogP contribution in [0.15, 0.2) is 48.8 Å². The zero-order valence-electron chi connectivity index (χ0n) is 11.5. The molecule has 1 heterocycles. The molecule has 0 saturated heterocycles. The number of carboxylic acid groups (broad SMARTS) is 1. The van der Waals surface area contributed by atoms with E-state index in [4.69, 9.17) is 5.11 Å². The molecule has 0 radical (unpaired) electrons. The van der Waals surface area contributed by atoms with Crippen molar-refractivity contribution in [3.63, 3.8) is 0 Å². The monoisotopic (exact) mass is 300 g/mol. The number of aromatic carboxylic acids is 1. The lowest BCUT2D eigenvalue weighted by Gasteiger charge is -2.03. The quantitative estimate of drug-likeness (QED) is 0.830. The van der Waals surface area contributed by atoms with Crippen LogP contribution in [-0.2, 0) is 11.3 Å². The van der Waals surface area contributed by atoms with E-state index < -0.39 is 11.8 Å². The number of aromatic nitrogens is 1. The standard InChI is InChI=1S/C16H13FN2O3/c17-14-7-12(8-18-10-14)4-5-15(20)19-9-11-2-1-3-13(6-11)16(21)22/h1-8,10H,9H2,(H,19,20)(H,21,22)/b5-4+. The van der Waals surface area contributed by atoms with Gasteiger partial charge in [-0.3, -0.25) is 9.78 Å². The fraction of sp³-hybridized carbons (Fsp3) is 0.0625. The summed E-state index contributed by atoms with van der Waals surface area (Å²) in [4.78, 5) is 26.2. The molecule has 2 N–H and O–H groups in total. The number of carboxylic acids is 1. The Morgan fingerprint density at radius 1 is 1.27 bits per heavy atom. The van der Waals surface area contributed by atoms with Gasteiger partial charge in [0, 0.05) is 18.8 Å². The second-order valence-electron chi connectivity index (χ2n) is 4.49. The number of benzene rings is 1. The van der Waals surface area contributed by atoms with Crippen LogP contribution in [0.2, 0.25) is 0 Å². The van der Waals surface area contributed by atoms with Crippen molar-refractivity contribution in [3.8, 4) is 0 Å². The molecule has 0 atom stereocenters. The van der Waals surface area contributed by atoms with E-state index in [1.807, 2.05) is 0 Å². The smallest absolute Gasteiger partial charge is 0.335 e. The van der Waals surface area contributed by atoms with Crippen LogP contribution in [0.4, 0.5) is 4.39 Å². The number of amides is 1. The Morgan fingerprint density at radius 3 is 2.82 bits per heavy atom. The lowest BCUT2D eigenvalue weighted by molar-refractivity contribution is -0.116. The first-order valence-corrected chi connectivity index (χ1v) is 6.43. The molecule has 0 unspecified atom stereocenters. The number of pyridine rings is 1. The van der Waals surface area contributed by atoms with Gasteiger partial charge in [0.05, 0.1) is 11.8 Å². The fourth-order valence-corrected chi connectivity index (χ4v) is 1.75. The molecular weight excluding hydrogens is 287 g/mol. The summed E-state index contributed by atoms with van der Waals surface area (Å²) in [6.45, 7) is 0.200. The van der Waals surface area contributed by atoms with Crippen molar-refractivity contribution in [2.75, 3.05) is 0 Å². The summed E-state index contributed by atoms with van der Waals surface area (Å²) >= 11 is 0. The third-order valence-electron chi connectivity index (χ3n) is 2.79. The Kier molecular flexibility index (Phi) is 4.98. The van der Waals surface area contributed by atoms with E-state index in [-0.39, 0.29) is 18.0 Å². The summed E-state index contributed by atoms with van der Waals surface area (Å²) < 4.78 is 12.9. The van der Waals surface area contributed by atoms with Crippen molar-refractivity contribution in [1.82, 2.24) is 10.3 Å². The normalized spacial score (nSPS) is 10.6. The van der Waals surface area contributed by atoms with Crippen molar-refractivity contribution in [3.05, 3.63) is 71.3 Å². The molecule has 2 aromatic rings. The molecule has 5 nitrogen and oxygen atoms in total. The van der Waals surface area contributed by atoms with E-state index >= 15 is 0 Å². The third kappa shape index (κ3) is 4.52. The van der Waals surface area contributed by atoms with E-state index in [0.717, 1.165) is 6.20 Å². The Morgan fingerprint density at radius 2 is 2.09 bits per heavy atom. The number of hydrogen-bond donors (Lipinski definition) is 2. The van der Waals surface area contributed by atoms with E-state index in [2.05, 4.69) is 10.3 Å². The highest BCUT2D eigenvalue weighted by molar-refractivity contribution is 5.91. The predicted octanol–water partition coefficient (Wildman–Crippen LogP) is 2.25. The van der Waals surface area contributed by atoms with Crippen LogP contribution in [0.3, 0.4) is 0 Å². The van der Waals surface area contributed by atoms with Crippen LogP contribution in [-0.4, -0.2) is 22.0 Å². The van der Waals surface area contributed by atoms with Gasteiger partial charge in [0.15, 0.2) is 0 Å². The molecule has 22 heavy (non-hydrogen) atoms. The zero-order chi connectivity index (χ0) is 15.9. The van der Waals surface area contributed by atoms with Crippen molar-refractivity contribution >= 4 is 18.0 Å². The largest absolute Gasteiger partial charge is 0.478 e. The minimum Gasteiger partial charge on any atom is -0.478 e. The molecule has 112 valence electrons. The second kappa shape index (κ2) is 7.12. The maximum Gasteiger partial charge on any atom is 0.335 e. The second-order valence-corrected chi connectivity index (χ2v) is 4.49. The van der Waals surface area contributed by atoms with Gasteiger partial charge in [-0.25, -0.2) is 9.18 Å². The first-order chi connectivity index (χ1) is 10.5. The number of carbonyl (C=O) groups excluding carboxylic acids is 1. The molecule has 0 saturated carbocycles. The maximum atomic E-state index is 12.9. The summed E-state index contributed by atoms with van der Waals surface area (Å²) in [7, 11) is 0. The van der Waals surface area contributed by atoms with Gasteiger partial charge in [0.25, 0.3) is 0 Å². The fourth-order valence-electron chi connectivity index (χ4n) is 1.75. The molecule has 0 spiro atoms. The number of carbonyl (C=O) groups is 2. The van der Waals surface area contributed by atoms with Crippen LogP contribution >= 0.6 is 0 Å². The topological polar surface area (TPSA) is 79.3 Å². The molecule has 0 aliphatic rings. The van der Waals surface area contributed by atoms with Gasteiger partial charge in [-0.15, -0.1) is 0 Å². The van der Waals surface area contributed by atoms with Crippen molar-refractivity contribution in [1.29, 1.82) is 0 Å². The molecule has 1 aromatic carbocycles.